The van der Waals surface area contributed by atoms with E-state index >= 15 is 0 Å². The molecular formula is C13H25NO2. The maximum absolute atomic E-state index is 10.6. The second kappa shape index (κ2) is 12.2. The Bertz CT molecular complexity index is 181. The smallest absolute Gasteiger partial charge is 0.284 e. The fourth-order valence-electron chi connectivity index (χ4n) is 1.69. The Morgan fingerprint density at radius 1 is 0.938 bits per heavy atom. The Morgan fingerprint density at radius 2 is 1.44 bits per heavy atom. The molecule has 0 aliphatic heterocycles. The lowest BCUT2D eigenvalue weighted by Gasteiger charge is -2.02. The van der Waals surface area contributed by atoms with Crippen molar-refractivity contribution in [1.82, 2.24) is 5.32 Å². The molecule has 0 aliphatic carbocycles. The first-order chi connectivity index (χ1) is 7.81. The number of nitrogens with one attached hydrogen (secondary N) is 1. The van der Waals surface area contributed by atoms with Crippen molar-refractivity contribution in [2.45, 2.75) is 64.7 Å². The van der Waals surface area contributed by atoms with Crippen molar-refractivity contribution in [3.05, 3.63) is 0 Å². The molecule has 0 fully saturated rings. The molecule has 0 radical (unpaired) electrons. The molecule has 0 atom stereocenters. The van der Waals surface area contributed by atoms with Gasteiger partial charge < -0.3 is 5.32 Å². The molecule has 0 rings (SSSR count). The average Bonchev–Trinajstić information content (AvgIpc) is 2.31. The summed E-state index contributed by atoms with van der Waals surface area (Å²) in [6, 6.07) is 0. The summed E-state index contributed by atoms with van der Waals surface area (Å²) >= 11 is 0. The SMILES string of the molecule is CCCCCCCCCCCNC(=O)C=O. The average molecular weight is 227 g/mol. The second-order valence-electron chi connectivity index (χ2n) is 4.24. The third-order valence-electron chi connectivity index (χ3n) is 2.69. The molecule has 0 saturated heterocycles. The Kier molecular flexibility index (Phi) is 11.6. The van der Waals surface area contributed by atoms with Gasteiger partial charge in [0.05, 0.1) is 0 Å². The van der Waals surface area contributed by atoms with Gasteiger partial charge >= 0.3 is 0 Å². The molecule has 1 amide bonds. The second-order valence-corrected chi connectivity index (χ2v) is 4.24. The topological polar surface area (TPSA) is 46.2 Å². The highest BCUT2D eigenvalue weighted by atomic mass is 16.2. The van der Waals surface area contributed by atoms with Gasteiger partial charge in [-0.15, -0.1) is 0 Å². The number of unbranched alkanes of at least 4 members (excludes halogenated alkanes) is 8. The minimum Gasteiger partial charge on any atom is -0.350 e. The fourth-order valence-corrected chi connectivity index (χ4v) is 1.69. The van der Waals surface area contributed by atoms with Crippen molar-refractivity contribution in [2.75, 3.05) is 6.54 Å². The summed E-state index contributed by atoms with van der Waals surface area (Å²) < 4.78 is 0. The van der Waals surface area contributed by atoms with Crippen LogP contribution in [0, 0.1) is 0 Å². The van der Waals surface area contributed by atoms with Gasteiger partial charge in [-0.05, 0) is 6.42 Å². The minimum absolute atomic E-state index is 0.327. The largest absolute Gasteiger partial charge is 0.350 e. The molecule has 0 spiro atoms. The van der Waals surface area contributed by atoms with Crippen molar-refractivity contribution in [2.24, 2.45) is 0 Å². The van der Waals surface area contributed by atoms with E-state index in [-0.39, 0.29) is 0 Å². The van der Waals surface area contributed by atoms with Crippen LogP contribution in [0.3, 0.4) is 0 Å². The van der Waals surface area contributed by atoms with Crippen LogP contribution in [0.2, 0.25) is 0 Å². The lowest BCUT2D eigenvalue weighted by atomic mass is 10.1. The quantitative estimate of drug-likeness (QED) is 0.335. The Hall–Kier alpha value is -0.860. The predicted molar refractivity (Wildman–Crippen MR) is 66.3 cm³/mol. The summed E-state index contributed by atoms with van der Waals surface area (Å²) in [5, 5.41) is 2.54. The number of carbonyl (C=O) groups excluding carboxylic acids is 2. The van der Waals surface area contributed by atoms with Crippen LogP contribution in [-0.4, -0.2) is 18.7 Å². The van der Waals surface area contributed by atoms with Gasteiger partial charge in [0.1, 0.15) is 0 Å². The highest BCUT2D eigenvalue weighted by molar-refractivity contribution is 6.23. The summed E-state index contributed by atoms with van der Waals surface area (Å²) in [6.07, 6.45) is 11.7. The molecule has 0 aromatic rings. The van der Waals surface area contributed by atoms with Gasteiger partial charge in [-0.3, -0.25) is 9.59 Å². The molecule has 94 valence electrons. The van der Waals surface area contributed by atoms with Crippen molar-refractivity contribution in [3.8, 4) is 0 Å². The van der Waals surface area contributed by atoms with E-state index in [0.29, 0.717) is 12.8 Å². The minimum atomic E-state index is -0.500. The van der Waals surface area contributed by atoms with Gasteiger partial charge in [-0.1, -0.05) is 58.3 Å². The van der Waals surface area contributed by atoms with Gasteiger partial charge in [0.15, 0.2) is 0 Å². The number of carbonyl (C=O) groups is 2. The van der Waals surface area contributed by atoms with Crippen LogP contribution in [0.4, 0.5) is 0 Å². The molecule has 3 heteroatoms. The predicted octanol–water partition coefficient (Wildman–Crippen LogP) is 2.83. The first-order valence-corrected chi connectivity index (χ1v) is 6.54. The van der Waals surface area contributed by atoms with Crippen molar-refractivity contribution >= 4 is 12.2 Å². The summed E-state index contributed by atoms with van der Waals surface area (Å²) in [5.74, 6) is -0.500. The standard InChI is InChI=1S/C13H25NO2/c1-2-3-4-5-6-7-8-9-10-11-14-13(16)12-15/h12H,2-11H2,1H3,(H,14,16). The van der Waals surface area contributed by atoms with Crippen LogP contribution in [0.5, 0.6) is 0 Å². The molecule has 3 nitrogen and oxygen atoms in total. The lowest BCUT2D eigenvalue weighted by molar-refractivity contribution is -0.131. The monoisotopic (exact) mass is 227 g/mol. The number of hydrogen-bond donors (Lipinski definition) is 1. The maximum atomic E-state index is 10.6. The molecule has 0 aromatic heterocycles. The van der Waals surface area contributed by atoms with Crippen LogP contribution in [0.25, 0.3) is 0 Å². The van der Waals surface area contributed by atoms with Crippen LogP contribution in [0.1, 0.15) is 64.7 Å². The molecule has 0 unspecified atom stereocenters. The third-order valence-corrected chi connectivity index (χ3v) is 2.69. The number of amides is 1. The summed E-state index contributed by atoms with van der Waals surface area (Å²) in [7, 11) is 0. The van der Waals surface area contributed by atoms with Crippen molar-refractivity contribution in [3.63, 3.8) is 0 Å². The summed E-state index contributed by atoms with van der Waals surface area (Å²) in [5.41, 5.74) is 0. The zero-order chi connectivity index (χ0) is 12.1. The van der Waals surface area contributed by atoms with E-state index in [4.69, 9.17) is 0 Å². The van der Waals surface area contributed by atoms with Gasteiger partial charge in [0, 0.05) is 6.54 Å². The van der Waals surface area contributed by atoms with Crippen LogP contribution in [-0.2, 0) is 9.59 Å². The van der Waals surface area contributed by atoms with Crippen LogP contribution >= 0.6 is 0 Å². The zero-order valence-corrected chi connectivity index (χ0v) is 10.5. The number of hydrogen-bond acceptors (Lipinski definition) is 2. The molecule has 0 heterocycles. The molecule has 0 aromatic carbocycles. The zero-order valence-electron chi connectivity index (χ0n) is 10.5. The lowest BCUT2D eigenvalue weighted by Crippen LogP contribution is -2.24. The Labute approximate surface area is 99.0 Å². The highest BCUT2D eigenvalue weighted by Crippen LogP contribution is 2.08. The normalized spacial score (nSPS) is 10.1. The van der Waals surface area contributed by atoms with Gasteiger partial charge in [0.2, 0.25) is 6.29 Å². The van der Waals surface area contributed by atoms with E-state index in [1.807, 2.05) is 0 Å². The third kappa shape index (κ3) is 11.2. The molecule has 0 saturated carbocycles. The van der Waals surface area contributed by atoms with E-state index in [1.54, 1.807) is 0 Å². The van der Waals surface area contributed by atoms with Crippen LogP contribution in [0.15, 0.2) is 0 Å². The first kappa shape index (κ1) is 15.1. The first-order valence-electron chi connectivity index (χ1n) is 6.54. The number of rotatable bonds is 11. The fraction of sp³-hybridized carbons (Fsp3) is 0.846. The van der Waals surface area contributed by atoms with E-state index in [9.17, 15) is 9.59 Å². The summed E-state index contributed by atoms with van der Waals surface area (Å²) in [6.45, 7) is 2.86. The van der Waals surface area contributed by atoms with E-state index in [2.05, 4.69) is 12.2 Å². The Morgan fingerprint density at radius 3 is 1.94 bits per heavy atom. The van der Waals surface area contributed by atoms with Crippen molar-refractivity contribution < 1.29 is 9.59 Å². The van der Waals surface area contributed by atoms with E-state index < -0.39 is 5.91 Å². The molecule has 1 N–H and O–H groups in total. The van der Waals surface area contributed by atoms with Gasteiger partial charge in [0.25, 0.3) is 5.91 Å². The van der Waals surface area contributed by atoms with Gasteiger partial charge in [-0.25, -0.2) is 0 Å². The Balaban J connectivity index is 2.98. The molecule has 0 aliphatic rings. The highest BCUT2D eigenvalue weighted by Gasteiger charge is 1.95. The molecule has 16 heavy (non-hydrogen) atoms. The molecule has 0 bridgehead atoms. The summed E-state index contributed by atoms with van der Waals surface area (Å²) in [4.78, 5) is 20.6. The van der Waals surface area contributed by atoms with E-state index in [0.717, 1.165) is 12.8 Å². The molecular weight excluding hydrogens is 202 g/mol. The van der Waals surface area contributed by atoms with Crippen molar-refractivity contribution in [1.29, 1.82) is 0 Å². The maximum Gasteiger partial charge on any atom is 0.284 e. The van der Waals surface area contributed by atoms with E-state index in [1.165, 1.54) is 44.9 Å². The van der Waals surface area contributed by atoms with Gasteiger partial charge in [-0.2, -0.15) is 0 Å². The number of aldehydes is 1. The van der Waals surface area contributed by atoms with Crippen LogP contribution < -0.4 is 5.32 Å².